The van der Waals surface area contributed by atoms with Gasteiger partial charge in [-0.15, -0.1) is 6.58 Å². The normalized spacial score (nSPS) is 8.86. The molecule has 0 aromatic carbocycles. The zero-order valence-electron chi connectivity index (χ0n) is 8.62. The molecular weight excluding hydrogens is 176 g/mol. The van der Waals surface area contributed by atoms with E-state index in [1.807, 2.05) is 6.07 Å². The Morgan fingerprint density at radius 1 is 1.64 bits per heavy atom. The molecule has 0 aliphatic rings. The fourth-order valence-electron chi connectivity index (χ4n) is 1.01. The minimum Gasteiger partial charge on any atom is -0.342 e. The van der Waals surface area contributed by atoms with Gasteiger partial charge in [-0.3, -0.25) is 4.79 Å². The molecule has 0 unspecified atom stereocenters. The third-order valence-electron chi connectivity index (χ3n) is 1.78. The summed E-state index contributed by atoms with van der Waals surface area (Å²) < 4.78 is 0. The largest absolute Gasteiger partial charge is 0.342 e. The first kappa shape index (κ1) is 12.4. The van der Waals surface area contributed by atoms with Crippen LogP contribution in [0.5, 0.6) is 0 Å². The van der Waals surface area contributed by atoms with Crippen molar-refractivity contribution in [3.8, 4) is 6.07 Å². The van der Waals surface area contributed by atoms with Gasteiger partial charge in [-0.2, -0.15) is 5.26 Å². The summed E-state index contributed by atoms with van der Waals surface area (Å²) in [6, 6.07) is 2.00. The average Bonchev–Trinajstić information content (AvgIpc) is 2.14. The molecule has 0 atom stereocenters. The van der Waals surface area contributed by atoms with Crippen LogP contribution in [-0.2, 0) is 4.79 Å². The van der Waals surface area contributed by atoms with Crippen LogP contribution in [0.25, 0.3) is 0 Å². The van der Waals surface area contributed by atoms with Crippen molar-refractivity contribution < 1.29 is 4.79 Å². The number of carbonyl (C=O) groups excluding carboxylic acids is 1. The second-order valence-corrected chi connectivity index (χ2v) is 3.16. The van der Waals surface area contributed by atoms with Crippen molar-refractivity contribution >= 4 is 5.91 Å². The molecule has 76 valence electrons. The van der Waals surface area contributed by atoms with E-state index in [2.05, 4.69) is 13.2 Å². The van der Waals surface area contributed by atoms with Gasteiger partial charge in [0.1, 0.15) is 0 Å². The van der Waals surface area contributed by atoms with Crippen molar-refractivity contribution in [2.24, 2.45) is 0 Å². The molecule has 0 heterocycles. The molecular formula is C11H16N2O. The predicted molar refractivity (Wildman–Crippen MR) is 56.4 cm³/mol. The van der Waals surface area contributed by atoms with E-state index in [-0.39, 0.29) is 5.91 Å². The van der Waals surface area contributed by atoms with E-state index in [0.29, 0.717) is 25.8 Å². The third kappa shape index (κ3) is 5.15. The number of hydrogen-bond donors (Lipinski definition) is 0. The number of carbonyl (C=O) groups is 1. The molecule has 0 aromatic rings. The molecule has 0 aromatic heterocycles. The maximum atomic E-state index is 11.4. The minimum atomic E-state index is 0.0592. The van der Waals surface area contributed by atoms with Crippen LogP contribution in [0, 0.1) is 11.3 Å². The van der Waals surface area contributed by atoms with Gasteiger partial charge >= 0.3 is 0 Å². The summed E-state index contributed by atoms with van der Waals surface area (Å²) in [6.45, 7) is 7.72. The van der Waals surface area contributed by atoms with Gasteiger partial charge < -0.3 is 4.90 Å². The number of amides is 1. The Labute approximate surface area is 85.3 Å². The van der Waals surface area contributed by atoms with E-state index < -0.39 is 0 Å². The van der Waals surface area contributed by atoms with Crippen LogP contribution in [-0.4, -0.2) is 24.4 Å². The molecule has 3 nitrogen and oxygen atoms in total. The Morgan fingerprint density at radius 2 is 2.29 bits per heavy atom. The number of nitriles is 1. The van der Waals surface area contributed by atoms with Gasteiger partial charge in [-0.1, -0.05) is 12.7 Å². The van der Waals surface area contributed by atoms with E-state index in [1.54, 1.807) is 18.0 Å². The second-order valence-electron chi connectivity index (χ2n) is 3.16. The number of hydrogen-bond acceptors (Lipinski definition) is 2. The highest BCUT2D eigenvalue weighted by Gasteiger charge is 2.08. The fraction of sp³-hybridized carbons (Fsp3) is 0.455. The zero-order valence-corrected chi connectivity index (χ0v) is 8.62. The third-order valence-corrected chi connectivity index (χ3v) is 1.78. The maximum Gasteiger partial charge on any atom is 0.222 e. The summed E-state index contributed by atoms with van der Waals surface area (Å²) in [6.07, 6.45) is 3.18. The molecule has 0 spiro atoms. The monoisotopic (exact) mass is 192 g/mol. The van der Waals surface area contributed by atoms with Crippen molar-refractivity contribution in [2.75, 3.05) is 13.6 Å². The molecule has 0 saturated carbocycles. The molecule has 14 heavy (non-hydrogen) atoms. The zero-order chi connectivity index (χ0) is 11.0. The maximum absolute atomic E-state index is 11.4. The van der Waals surface area contributed by atoms with Gasteiger partial charge in [-0.05, 0) is 12.0 Å². The van der Waals surface area contributed by atoms with Crippen LogP contribution >= 0.6 is 0 Å². The smallest absolute Gasteiger partial charge is 0.222 e. The molecule has 0 fully saturated rings. The Bertz CT molecular complexity index is 263. The van der Waals surface area contributed by atoms with E-state index >= 15 is 0 Å². The quantitative estimate of drug-likeness (QED) is 0.603. The van der Waals surface area contributed by atoms with Crippen molar-refractivity contribution in [3.63, 3.8) is 0 Å². The minimum absolute atomic E-state index is 0.0592. The number of rotatable bonds is 6. The van der Waals surface area contributed by atoms with Crippen molar-refractivity contribution in [2.45, 2.75) is 19.3 Å². The SMILES string of the molecule is C=CCCC(=O)N(C)CC(=C)CC#N. The Balaban J connectivity index is 3.89. The standard InChI is InChI=1S/C11H16N2O/c1-4-5-6-11(14)13(3)9-10(2)7-8-12/h4H,1-2,5-7,9H2,3H3. The van der Waals surface area contributed by atoms with Gasteiger partial charge in [-0.25, -0.2) is 0 Å². The van der Waals surface area contributed by atoms with E-state index in [1.165, 1.54) is 0 Å². The Hall–Kier alpha value is -1.56. The molecule has 0 aliphatic carbocycles. The first-order valence-corrected chi connectivity index (χ1v) is 4.50. The lowest BCUT2D eigenvalue weighted by molar-refractivity contribution is -0.129. The fourth-order valence-corrected chi connectivity index (χ4v) is 1.01. The molecule has 0 N–H and O–H groups in total. The number of allylic oxidation sites excluding steroid dienone is 1. The summed E-state index contributed by atoms with van der Waals surface area (Å²) >= 11 is 0. The Kier molecular flexibility index (Phi) is 6.13. The average molecular weight is 192 g/mol. The number of likely N-dealkylation sites (N-methyl/N-ethyl adjacent to an activating group) is 1. The van der Waals surface area contributed by atoms with Gasteiger partial charge in [0.2, 0.25) is 5.91 Å². The van der Waals surface area contributed by atoms with Crippen LogP contribution in [0.3, 0.4) is 0 Å². The summed E-state index contributed by atoms with van der Waals surface area (Å²) in [5, 5.41) is 8.40. The van der Waals surface area contributed by atoms with Gasteiger partial charge in [0, 0.05) is 20.0 Å². The van der Waals surface area contributed by atoms with Crippen LogP contribution in [0.4, 0.5) is 0 Å². The number of nitrogens with zero attached hydrogens (tertiary/aromatic N) is 2. The predicted octanol–water partition coefficient (Wildman–Crippen LogP) is 1.88. The molecule has 0 aliphatic heterocycles. The summed E-state index contributed by atoms with van der Waals surface area (Å²) in [4.78, 5) is 13.0. The van der Waals surface area contributed by atoms with E-state index in [4.69, 9.17) is 5.26 Å². The molecule has 0 rings (SSSR count). The highest BCUT2D eigenvalue weighted by atomic mass is 16.2. The second kappa shape index (κ2) is 6.90. The van der Waals surface area contributed by atoms with Crippen LogP contribution < -0.4 is 0 Å². The first-order valence-electron chi connectivity index (χ1n) is 4.50. The lowest BCUT2D eigenvalue weighted by Gasteiger charge is -2.17. The molecule has 0 bridgehead atoms. The van der Waals surface area contributed by atoms with Crippen molar-refractivity contribution in [1.29, 1.82) is 5.26 Å². The first-order chi connectivity index (χ1) is 6.61. The topological polar surface area (TPSA) is 44.1 Å². The van der Waals surface area contributed by atoms with Crippen molar-refractivity contribution in [1.82, 2.24) is 4.90 Å². The van der Waals surface area contributed by atoms with Gasteiger partial charge in [0.15, 0.2) is 0 Å². The molecule has 1 amide bonds. The van der Waals surface area contributed by atoms with Crippen molar-refractivity contribution in [3.05, 3.63) is 24.8 Å². The Morgan fingerprint density at radius 3 is 2.79 bits per heavy atom. The van der Waals surface area contributed by atoms with Crippen LogP contribution in [0.15, 0.2) is 24.8 Å². The molecule has 0 radical (unpaired) electrons. The lowest BCUT2D eigenvalue weighted by atomic mass is 10.2. The summed E-state index contributed by atoms with van der Waals surface area (Å²) in [5.41, 5.74) is 0.766. The van der Waals surface area contributed by atoms with E-state index in [0.717, 1.165) is 5.57 Å². The highest BCUT2D eigenvalue weighted by Crippen LogP contribution is 2.02. The van der Waals surface area contributed by atoms with Crippen LogP contribution in [0.1, 0.15) is 19.3 Å². The van der Waals surface area contributed by atoms with Gasteiger partial charge in [0.05, 0.1) is 12.5 Å². The summed E-state index contributed by atoms with van der Waals surface area (Å²) in [5.74, 6) is 0.0592. The van der Waals surface area contributed by atoms with Gasteiger partial charge in [0.25, 0.3) is 0 Å². The molecule has 0 saturated heterocycles. The highest BCUT2D eigenvalue weighted by molar-refractivity contribution is 5.76. The van der Waals surface area contributed by atoms with E-state index in [9.17, 15) is 4.79 Å². The summed E-state index contributed by atoms with van der Waals surface area (Å²) in [7, 11) is 1.72. The lowest BCUT2D eigenvalue weighted by Crippen LogP contribution is -2.28. The van der Waals surface area contributed by atoms with Crippen LogP contribution in [0.2, 0.25) is 0 Å². The molecule has 3 heteroatoms.